The summed E-state index contributed by atoms with van der Waals surface area (Å²) in [6.45, 7) is 2.83. The molecule has 4 aromatic rings. The van der Waals surface area contributed by atoms with Crippen LogP contribution in [-0.4, -0.2) is 76.4 Å². The second-order valence-corrected chi connectivity index (χ2v) is 12.9. The summed E-state index contributed by atoms with van der Waals surface area (Å²) in [6.07, 6.45) is 3.06. The number of benzene rings is 2. The summed E-state index contributed by atoms with van der Waals surface area (Å²) < 4.78 is 67.7. The van der Waals surface area contributed by atoms with Crippen molar-refractivity contribution in [1.29, 1.82) is 0 Å². The van der Waals surface area contributed by atoms with E-state index in [4.69, 9.17) is 15.5 Å². The molecule has 0 spiro atoms. The molecule has 2 aromatic carbocycles. The number of anilines is 2. The number of nitrogen functional groups attached to an aromatic ring is 1. The third-order valence-corrected chi connectivity index (χ3v) is 10.4. The monoisotopic (exact) mass is 599 g/mol. The second kappa shape index (κ2) is 9.61. The second-order valence-electron chi connectivity index (χ2n) is 11.9. The fraction of sp³-hybridized carbons (Fsp3) is 0.483. The minimum Gasteiger partial charge on any atom is -0.461 e. The lowest BCUT2D eigenvalue weighted by atomic mass is 9.95. The molecule has 13 heteroatoms. The normalized spacial score (nSPS) is 27.4. The average molecular weight is 600 g/mol. The van der Waals surface area contributed by atoms with Crippen molar-refractivity contribution < 1.29 is 22.3 Å². The van der Waals surface area contributed by atoms with Gasteiger partial charge >= 0.3 is 6.01 Å². The molecule has 0 amide bonds. The van der Waals surface area contributed by atoms with Gasteiger partial charge in [0.1, 0.15) is 35.7 Å². The molecule has 4 aliphatic rings. The number of thiazole rings is 1. The lowest BCUT2D eigenvalue weighted by molar-refractivity contribution is 0.107. The summed E-state index contributed by atoms with van der Waals surface area (Å²) in [7, 11) is 0. The number of hydrogen-bond donors (Lipinski definition) is 2. The van der Waals surface area contributed by atoms with E-state index in [9.17, 15) is 8.78 Å². The molecule has 0 radical (unpaired) electrons. The molecule has 8 nitrogen and oxygen atoms in total. The highest BCUT2D eigenvalue weighted by Gasteiger charge is 2.49. The van der Waals surface area contributed by atoms with Crippen LogP contribution in [0.15, 0.2) is 18.2 Å². The van der Waals surface area contributed by atoms with Gasteiger partial charge < -0.3 is 20.7 Å². The number of nitrogens with zero attached hydrogens (tertiary/aromatic N) is 5. The Balaban J connectivity index is 1.29. The van der Waals surface area contributed by atoms with Gasteiger partial charge in [-0.15, -0.1) is 0 Å². The maximum Gasteiger partial charge on any atom is 0.319 e. The molecule has 3 N–H and O–H groups in total. The van der Waals surface area contributed by atoms with E-state index in [1.165, 1.54) is 12.1 Å². The quantitative estimate of drug-likeness (QED) is 0.316. The zero-order valence-electron chi connectivity index (χ0n) is 22.7. The van der Waals surface area contributed by atoms with Crippen LogP contribution in [0, 0.1) is 17.5 Å². The van der Waals surface area contributed by atoms with Gasteiger partial charge in [-0.1, -0.05) is 11.3 Å². The maximum atomic E-state index is 16.6. The van der Waals surface area contributed by atoms with Gasteiger partial charge in [0.25, 0.3) is 0 Å². The number of nitrogens with one attached hydrogen (secondary N) is 1. The summed E-state index contributed by atoms with van der Waals surface area (Å²) in [6, 6.07) is 3.91. The third kappa shape index (κ3) is 3.96. The molecule has 2 bridgehead atoms. The van der Waals surface area contributed by atoms with Gasteiger partial charge in [-0.05, 0) is 50.4 Å². The molecule has 8 rings (SSSR count). The largest absolute Gasteiger partial charge is 0.461 e. The summed E-state index contributed by atoms with van der Waals surface area (Å²) in [5, 5.41) is 3.75. The van der Waals surface area contributed by atoms with Crippen LogP contribution in [0.1, 0.15) is 32.1 Å². The lowest BCUT2D eigenvalue weighted by Crippen LogP contribution is -2.52. The third-order valence-electron chi connectivity index (χ3n) is 9.48. The molecule has 6 heterocycles. The van der Waals surface area contributed by atoms with Crippen molar-refractivity contribution in [1.82, 2.24) is 25.2 Å². The minimum absolute atomic E-state index is 0.0300. The first-order valence-electron chi connectivity index (χ1n) is 14.4. The smallest absolute Gasteiger partial charge is 0.319 e. The van der Waals surface area contributed by atoms with E-state index < -0.39 is 29.2 Å². The molecule has 0 aliphatic carbocycles. The van der Waals surface area contributed by atoms with Crippen LogP contribution in [0.2, 0.25) is 0 Å². The molecular formula is C29H29F4N7OS. The molecule has 2 aromatic heterocycles. The SMILES string of the molecule is Nc1nc2c(-c3c(F)cc4c(N5C6CCC5CNC6)nc(OC[C@@]56CCCN5C[C@H](F)C6)nc4c3F)ccc(F)c2s1. The molecule has 4 saturated heterocycles. The van der Waals surface area contributed by atoms with E-state index in [1.54, 1.807) is 0 Å². The number of hydrogen-bond acceptors (Lipinski definition) is 9. The van der Waals surface area contributed by atoms with Crippen LogP contribution in [0.5, 0.6) is 6.01 Å². The number of piperazine rings is 1. The van der Waals surface area contributed by atoms with Gasteiger partial charge in [0.05, 0.1) is 21.3 Å². The van der Waals surface area contributed by atoms with Crippen LogP contribution >= 0.6 is 11.3 Å². The summed E-state index contributed by atoms with van der Waals surface area (Å²) in [5.74, 6) is -1.89. The molecule has 42 heavy (non-hydrogen) atoms. The Labute approximate surface area is 242 Å². The number of fused-ring (bicyclic) bond motifs is 5. The van der Waals surface area contributed by atoms with Gasteiger partial charge in [0.15, 0.2) is 10.9 Å². The van der Waals surface area contributed by atoms with Crippen LogP contribution in [0.25, 0.3) is 32.2 Å². The Morgan fingerprint density at radius 2 is 1.88 bits per heavy atom. The number of rotatable bonds is 5. The fourth-order valence-corrected chi connectivity index (χ4v) is 8.40. The van der Waals surface area contributed by atoms with Gasteiger partial charge in [0.2, 0.25) is 0 Å². The highest BCUT2D eigenvalue weighted by molar-refractivity contribution is 7.22. The predicted molar refractivity (Wildman–Crippen MR) is 153 cm³/mol. The van der Waals surface area contributed by atoms with E-state index in [1.807, 2.05) is 0 Å². The Kier molecular flexibility index (Phi) is 6.03. The average Bonchev–Trinajstić information content (AvgIpc) is 3.68. The number of halogens is 4. The molecule has 220 valence electrons. The van der Waals surface area contributed by atoms with Crippen molar-refractivity contribution >= 4 is 43.4 Å². The van der Waals surface area contributed by atoms with Crippen molar-refractivity contribution in [2.45, 2.75) is 55.9 Å². The van der Waals surface area contributed by atoms with E-state index in [0.29, 0.717) is 18.8 Å². The summed E-state index contributed by atoms with van der Waals surface area (Å²) in [5.41, 5.74) is 5.10. The van der Waals surface area contributed by atoms with Crippen LogP contribution in [-0.2, 0) is 0 Å². The van der Waals surface area contributed by atoms with Crippen LogP contribution < -0.4 is 20.7 Å². The van der Waals surface area contributed by atoms with Crippen molar-refractivity contribution in [3.63, 3.8) is 0 Å². The minimum atomic E-state index is -0.922. The Hall–Kier alpha value is -3.29. The van der Waals surface area contributed by atoms with Crippen molar-refractivity contribution in [2.24, 2.45) is 0 Å². The lowest BCUT2D eigenvalue weighted by Gasteiger charge is -2.37. The number of aromatic nitrogens is 3. The standard InChI is InChI=1S/C29H29F4N7OS/c30-14-9-29(6-1-7-39(29)12-14)13-41-28-37-23-18(26(38-28)40-15-2-3-16(40)11-35-10-15)8-20(32)21(22(23)33)17-4-5-19(31)25-24(17)36-27(34)42-25/h4-5,8,14-16,35H,1-3,6-7,9-13H2,(H2,34,36)/t14-,15?,16?,29+/m1/s1. The summed E-state index contributed by atoms with van der Waals surface area (Å²) in [4.78, 5) is 17.7. The number of nitrogens with two attached hydrogens (primary N) is 1. The molecular weight excluding hydrogens is 570 g/mol. The first-order chi connectivity index (χ1) is 20.3. The first kappa shape index (κ1) is 26.3. The predicted octanol–water partition coefficient (Wildman–Crippen LogP) is 4.80. The Morgan fingerprint density at radius 3 is 2.69 bits per heavy atom. The first-order valence-corrected chi connectivity index (χ1v) is 15.2. The van der Waals surface area contributed by atoms with E-state index >= 15 is 8.78 Å². The van der Waals surface area contributed by atoms with Gasteiger partial charge in [0, 0.05) is 49.1 Å². The molecule has 2 unspecified atom stereocenters. The zero-order chi connectivity index (χ0) is 28.7. The van der Waals surface area contributed by atoms with E-state index in [2.05, 4.69) is 25.1 Å². The topological polar surface area (TPSA) is 92.4 Å². The van der Waals surface area contributed by atoms with Gasteiger partial charge in [-0.2, -0.15) is 9.97 Å². The molecule has 4 fully saturated rings. The number of ether oxygens (including phenoxy) is 1. The summed E-state index contributed by atoms with van der Waals surface area (Å²) >= 11 is 0.918. The number of alkyl halides is 1. The van der Waals surface area contributed by atoms with Gasteiger partial charge in [-0.25, -0.2) is 22.5 Å². The fourth-order valence-electron chi connectivity index (χ4n) is 7.63. The van der Waals surface area contributed by atoms with Crippen molar-refractivity contribution in [2.75, 3.05) is 43.4 Å². The zero-order valence-corrected chi connectivity index (χ0v) is 23.5. The van der Waals surface area contributed by atoms with Gasteiger partial charge in [-0.3, -0.25) is 4.90 Å². The van der Waals surface area contributed by atoms with E-state index in [0.717, 1.165) is 62.7 Å². The highest BCUT2D eigenvalue weighted by atomic mass is 32.1. The molecule has 4 atom stereocenters. The van der Waals surface area contributed by atoms with Crippen molar-refractivity contribution in [3.8, 4) is 17.1 Å². The highest BCUT2D eigenvalue weighted by Crippen LogP contribution is 2.44. The Bertz CT molecular complexity index is 1720. The van der Waals surface area contributed by atoms with Crippen LogP contribution in [0.4, 0.5) is 28.5 Å². The van der Waals surface area contributed by atoms with E-state index in [-0.39, 0.29) is 62.1 Å². The molecule has 0 saturated carbocycles. The Morgan fingerprint density at radius 1 is 1.07 bits per heavy atom. The van der Waals surface area contributed by atoms with Crippen LogP contribution in [0.3, 0.4) is 0 Å². The van der Waals surface area contributed by atoms with Crippen molar-refractivity contribution in [3.05, 3.63) is 35.7 Å². The molecule has 4 aliphatic heterocycles. The maximum absolute atomic E-state index is 16.6.